The number of nitrogens with zero attached hydrogens (tertiary/aromatic N) is 1. The van der Waals surface area contributed by atoms with E-state index in [1.165, 1.54) is 0 Å². The summed E-state index contributed by atoms with van der Waals surface area (Å²) in [5, 5.41) is 0. The maximum atomic E-state index is 5.24. The molecule has 0 aromatic carbocycles. The van der Waals surface area contributed by atoms with Crippen molar-refractivity contribution in [2.24, 2.45) is 0 Å². The van der Waals surface area contributed by atoms with Gasteiger partial charge >= 0.3 is 0 Å². The van der Waals surface area contributed by atoms with Crippen LogP contribution in [0, 0.1) is 6.42 Å². The zero-order valence-corrected chi connectivity index (χ0v) is 5.99. The minimum absolute atomic E-state index is 0.615. The summed E-state index contributed by atoms with van der Waals surface area (Å²) in [6, 6.07) is 0.615. The predicted octanol–water partition coefficient (Wildman–Crippen LogP) is 0.461. The first kappa shape index (κ1) is 6.38. The topological polar surface area (TPSA) is 12.5 Å². The lowest BCUT2D eigenvalue weighted by Crippen LogP contribution is -2.44. The molecule has 1 heterocycles. The second-order valence-corrected chi connectivity index (χ2v) is 2.72. The quantitative estimate of drug-likeness (QED) is 0.522. The molecule has 1 atom stereocenters. The molecule has 1 unspecified atom stereocenters. The molecule has 2 rings (SSSR count). The highest BCUT2D eigenvalue weighted by Gasteiger charge is 2.21. The molecule has 0 amide bonds. The summed E-state index contributed by atoms with van der Waals surface area (Å²) in [6.07, 6.45) is 6.57. The lowest BCUT2D eigenvalue weighted by molar-refractivity contribution is 0.0295. The highest BCUT2D eigenvalue weighted by molar-refractivity contribution is 5.21. The van der Waals surface area contributed by atoms with E-state index in [0.29, 0.717) is 6.04 Å². The van der Waals surface area contributed by atoms with E-state index >= 15 is 0 Å². The van der Waals surface area contributed by atoms with Crippen molar-refractivity contribution in [2.45, 2.75) is 6.04 Å². The fourth-order valence-corrected chi connectivity index (χ4v) is 1.33. The van der Waals surface area contributed by atoms with Crippen LogP contribution in [0.2, 0.25) is 0 Å². The molecule has 0 spiro atoms. The second kappa shape index (κ2) is 2.72. The van der Waals surface area contributed by atoms with Crippen molar-refractivity contribution in [2.75, 3.05) is 26.3 Å². The summed E-state index contributed by atoms with van der Waals surface area (Å²) >= 11 is 0. The molecule has 1 fully saturated rings. The van der Waals surface area contributed by atoms with Crippen LogP contribution in [0.15, 0.2) is 12.2 Å². The Kier molecular flexibility index (Phi) is 1.74. The molecule has 2 nitrogen and oxygen atoms in total. The summed E-state index contributed by atoms with van der Waals surface area (Å²) in [7, 11) is 0. The number of morpholine rings is 1. The van der Waals surface area contributed by atoms with Crippen molar-refractivity contribution in [1.82, 2.24) is 4.90 Å². The van der Waals surface area contributed by atoms with Gasteiger partial charge in [0.05, 0.1) is 13.2 Å². The molecule has 0 bridgehead atoms. The number of ether oxygens (including phenoxy) is 1. The molecule has 2 heteroatoms. The first-order chi connectivity index (χ1) is 4.97. The number of rotatable bonds is 1. The van der Waals surface area contributed by atoms with Crippen LogP contribution in [-0.2, 0) is 4.74 Å². The summed E-state index contributed by atoms with van der Waals surface area (Å²) < 4.78 is 5.24. The van der Waals surface area contributed by atoms with Gasteiger partial charge in [0.2, 0.25) is 0 Å². The van der Waals surface area contributed by atoms with E-state index in [1.807, 2.05) is 0 Å². The highest BCUT2D eigenvalue weighted by atomic mass is 16.5. The number of hydrogen-bond donors (Lipinski definition) is 0. The van der Waals surface area contributed by atoms with Gasteiger partial charge in [-0.15, -0.1) is 0 Å². The van der Waals surface area contributed by atoms with Crippen LogP contribution < -0.4 is 0 Å². The molecule has 0 aromatic rings. The first-order valence-electron chi connectivity index (χ1n) is 3.80. The Balaban J connectivity index is 1.85. The molecule has 1 aliphatic carbocycles. The van der Waals surface area contributed by atoms with Gasteiger partial charge in [0.15, 0.2) is 0 Å². The van der Waals surface area contributed by atoms with Crippen molar-refractivity contribution in [3.8, 4) is 0 Å². The standard InChI is InChI=1S/C8H12NO/c1-2-8(3-1)9-4-6-10-7-5-9/h1-3,8H,4-7H2. The van der Waals surface area contributed by atoms with Crippen LogP contribution in [0.25, 0.3) is 0 Å². The Hall–Kier alpha value is -0.340. The Morgan fingerprint density at radius 2 is 2.00 bits per heavy atom. The maximum Gasteiger partial charge on any atom is 0.0594 e. The third-order valence-corrected chi connectivity index (χ3v) is 2.08. The van der Waals surface area contributed by atoms with E-state index < -0.39 is 0 Å². The van der Waals surface area contributed by atoms with Crippen LogP contribution in [0.3, 0.4) is 0 Å². The van der Waals surface area contributed by atoms with Crippen molar-refractivity contribution in [3.63, 3.8) is 0 Å². The maximum absolute atomic E-state index is 5.24. The molecule has 1 saturated heterocycles. The zero-order chi connectivity index (χ0) is 6.81. The van der Waals surface area contributed by atoms with Gasteiger partial charge < -0.3 is 4.74 Å². The summed E-state index contributed by atoms with van der Waals surface area (Å²) in [5.41, 5.74) is 0. The smallest absolute Gasteiger partial charge is 0.0594 e. The minimum Gasteiger partial charge on any atom is -0.379 e. The molecular weight excluding hydrogens is 126 g/mol. The molecule has 0 saturated carbocycles. The molecule has 10 heavy (non-hydrogen) atoms. The average molecular weight is 138 g/mol. The van der Waals surface area contributed by atoms with Gasteiger partial charge in [0.1, 0.15) is 0 Å². The molecule has 1 aliphatic heterocycles. The summed E-state index contributed by atoms with van der Waals surface area (Å²) in [4.78, 5) is 2.43. The Morgan fingerprint density at radius 3 is 2.50 bits per heavy atom. The SMILES string of the molecule is [CH]1C=CC1N1CCOCC1. The van der Waals surface area contributed by atoms with E-state index in [4.69, 9.17) is 4.74 Å². The summed E-state index contributed by atoms with van der Waals surface area (Å²) in [6.45, 7) is 3.98. The fraction of sp³-hybridized carbons (Fsp3) is 0.625. The largest absolute Gasteiger partial charge is 0.379 e. The second-order valence-electron chi connectivity index (χ2n) is 2.72. The predicted molar refractivity (Wildman–Crippen MR) is 39.6 cm³/mol. The normalized spacial score (nSPS) is 33.8. The molecule has 0 N–H and O–H groups in total. The Morgan fingerprint density at radius 1 is 1.30 bits per heavy atom. The van der Waals surface area contributed by atoms with E-state index in [-0.39, 0.29) is 0 Å². The van der Waals surface area contributed by atoms with Crippen LogP contribution in [0.1, 0.15) is 0 Å². The van der Waals surface area contributed by atoms with Gasteiger partial charge in [-0.25, -0.2) is 0 Å². The lowest BCUT2D eigenvalue weighted by Gasteiger charge is -2.35. The minimum atomic E-state index is 0.615. The van der Waals surface area contributed by atoms with Crippen molar-refractivity contribution in [1.29, 1.82) is 0 Å². The van der Waals surface area contributed by atoms with Gasteiger partial charge in [-0.3, -0.25) is 4.90 Å². The van der Waals surface area contributed by atoms with Gasteiger partial charge in [-0.1, -0.05) is 12.2 Å². The zero-order valence-electron chi connectivity index (χ0n) is 5.99. The summed E-state index contributed by atoms with van der Waals surface area (Å²) in [5.74, 6) is 0. The molecule has 1 radical (unpaired) electrons. The van der Waals surface area contributed by atoms with Crippen molar-refractivity contribution >= 4 is 0 Å². The van der Waals surface area contributed by atoms with Crippen LogP contribution >= 0.6 is 0 Å². The number of hydrogen-bond acceptors (Lipinski definition) is 2. The van der Waals surface area contributed by atoms with Crippen LogP contribution in [0.4, 0.5) is 0 Å². The van der Waals surface area contributed by atoms with Crippen molar-refractivity contribution < 1.29 is 4.74 Å². The van der Waals surface area contributed by atoms with Crippen molar-refractivity contribution in [3.05, 3.63) is 18.6 Å². The third-order valence-electron chi connectivity index (χ3n) is 2.08. The Bertz CT molecular complexity index is 138. The van der Waals surface area contributed by atoms with Gasteiger partial charge in [0, 0.05) is 25.6 Å². The van der Waals surface area contributed by atoms with E-state index in [9.17, 15) is 0 Å². The van der Waals surface area contributed by atoms with E-state index in [1.54, 1.807) is 0 Å². The van der Waals surface area contributed by atoms with Gasteiger partial charge in [-0.05, 0) is 0 Å². The monoisotopic (exact) mass is 138 g/mol. The highest BCUT2D eigenvalue weighted by Crippen LogP contribution is 2.15. The first-order valence-corrected chi connectivity index (χ1v) is 3.80. The van der Waals surface area contributed by atoms with Crippen LogP contribution in [0.5, 0.6) is 0 Å². The van der Waals surface area contributed by atoms with E-state index in [2.05, 4.69) is 23.5 Å². The Labute approximate surface area is 61.5 Å². The third kappa shape index (κ3) is 1.09. The van der Waals surface area contributed by atoms with Gasteiger partial charge in [-0.2, -0.15) is 0 Å². The van der Waals surface area contributed by atoms with Gasteiger partial charge in [0.25, 0.3) is 0 Å². The average Bonchev–Trinajstić information content (AvgIpc) is 1.86. The molecular formula is C8H12NO. The van der Waals surface area contributed by atoms with Crippen LogP contribution in [-0.4, -0.2) is 37.2 Å². The fourth-order valence-electron chi connectivity index (χ4n) is 1.33. The van der Waals surface area contributed by atoms with E-state index in [0.717, 1.165) is 26.3 Å². The molecule has 2 aliphatic rings. The molecule has 55 valence electrons. The lowest BCUT2D eigenvalue weighted by atomic mass is 10.0. The molecule has 0 aromatic heterocycles.